The quantitative estimate of drug-likeness (QED) is 0.153. The maximum Gasteiger partial charge on any atom is 0.159 e. The highest BCUT2D eigenvalue weighted by molar-refractivity contribution is 6.16. The molecule has 2 aromatic heterocycles. The van der Waals surface area contributed by atoms with E-state index in [0.29, 0.717) is 5.92 Å². The van der Waals surface area contributed by atoms with Gasteiger partial charge in [-0.3, -0.25) is 0 Å². The molecule has 0 radical (unpaired) electrons. The van der Waals surface area contributed by atoms with E-state index in [1.807, 2.05) is 0 Å². The lowest BCUT2D eigenvalue weighted by Crippen LogP contribution is -2.34. The average molecular weight is 803 g/mol. The van der Waals surface area contributed by atoms with Crippen LogP contribution >= 0.6 is 0 Å². The Balaban J connectivity index is 1.14. The highest BCUT2D eigenvalue weighted by atomic mass is 16.3. The van der Waals surface area contributed by atoms with Gasteiger partial charge >= 0.3 is 0 Å². The van der Waals surface area contributed by atoms with E-state index in [4.69, 9.17) is 8.83 Å². The van der Waals surface area contributed by atoms with Crippen LogP contribution in [0.25, 0.3) is 65.8 Å². The number of benzene rings is 8. The van der Waals surface area contributed by atoms with Crippen molar-refractivity contribution in [2.24, 2.45) is 5.92 Å². The predicted octanol–water partition coefficient (Wildman–Crippen LogP) is 16.4. The van der Waals surface area contributed by atoms with Crippen molar-refractivity contribution in [3.8, 4) is 0 Å². The second-order valence-electron chi connectivity index (χ2n) is 17.5. The molecule has 8 aromatic carbocycles. The molecule has 4 nitrogen and oxygen atoms in total. The molecule has 4 heteroatoms. The number of anilines is 5. The predicted molar refractivity (Wildman–Crippen MR) is 261 cm³/mol. The summed E-state index contributed by atoms with van der Waals surface area (Å²) < 4.78 is 13.6. The van der Waals surface area contributed by atoms with Gasteiger partial charge in [-0.1, -0.05) is 149 Å². The highest BCUT2D eigenvalue weighted by Crippen LogP contribution is 2.54. The molecular formula is C58H46N2O2. The number of hydrogen-bond donors (Lipinski definition) is 0. The van der Waals surface area contributed by atoms with Crippen LogP contribution in [-0.2, 0) is 6.42 Å². The highest BCUT2D eigenvalue weighted by Gasteiger charge is 2.37. The van der Waals surface area contributed by atoms with Gasteiger partial charge in [0.15, 0.2) is 11.2 Å². The Hall–Kier alpha value is -7.30. The van der Waals surface area contributed by atoms with Crippen LogP contribution in [0.5, 0.6) is 0 Å². The zero-order valence-electron chi connectivity index (χ0n) is 35.4. The van der Waals surface area contributed by atoms with Crippen molar-refractivity contribution in [2.45, 2.75) is 46.1 Å². The lowest BCUT2D eigenvalue weighted by molar-refractivity contribution is 0.667. The average Bonchev–Trinajstić information content (AvgIpc) is 3.89. The number of rotatable bonds is 8. The van der Waals surface area contributed by atoms with Crippen LogP contribution in [-0.4, -0.2) is 6.04 Å². The third kappa shape index (κ3) is 5.45. The molecule has 300 valence electrons. The van der Waals surface area contributed by atoms with E-state index in [9.17, 15) is 0 Å². The molecule has 0 bridgehead atoms. The van der Waals surface area contributed by atoms with Crippen molar-refractivity contribution >= 4 is 94.2 Å². The van der Waals surface area contributed by atoms with E-state index in [2.05, 4.69) is 213 Å². The molecule has 62 heavy (non-hydrogen) atoms. The van der Waals surface area contributed by atoms with Crippen LogP contribution in [0.15, 0.2) is 185 Å². The molecule has 1 atom stereocenters. The molecule has 0 amide bonds. The largest absolute Gasteiger partial charge is 0.454 e. The van der Waals surface area contributed by atoms with Crippen LogP contribution in [0.1, 0.15) is 55.9 Å². The summed E-state index contributed by atoms with van der Waals surface area (Å²) in [6.07, 6.45) is 5.92. The minimum Gasteiger partial charge on any atom is -0.454 e. The fourth-order valence-electron chi connectivity index (χ4n) is 10.5. The minimum absolute atomic E-state index is 0.0967. The van der Waals surface area contributed by atoms with Crippen LogP contribution in [0.4, 0.5) is 28.4 Å². The van der Waals surface area contributed by atoms with Crippen molar-refractivity contribution in [2.75, 3.05) is 9.80 Å². The summed E-state index contributed by atoms with van der Waals surface area (Å²) in [5, 5.41) is 7.08. The van der Waals surface area contributed by atoms with Gasteiger partial charge in [-0.15, -0.1) is 0 Å². The maximum atomic E-state index is 6.79. The van der Waals surface area contributed by atoms with E-state index in [1.165, 1.54) is 44.2 Å². The smallest absolute Gasteiger partial charge is 0.159 e. The van der Waals surface area contributed by atoms with Crippen molar-refractivity contribution < 1.29 is 8.83 Å². The fourth-order valence-corrected chi connectivity index (χ4v) is 10.5. The molecule has 12 rings (SSSR count). The molecule has 0 aliphatic heterocycles. The minimum atomic E-state index is -0.0967. The van der Waals surface area contributed by atoms with Gasteiger partial charge in [-0.05, 0) is 112 Å². The summed E-state index contributed by atoms with van der Waals surface area (Å²) >= 11 is 0. The molecule has 0 spiro atoms. The summed E-state index contributed by atoms with van der Waals surface area (Å²) in [4.78, 5) is 4.97. The third-order valence-electron chi connectivity index (χ3n) is 13.3. The van der Waals surface area contributed by atoms with Gasteiger partial charge in [0.25, 0.3) is 0 Å². The number of para-hydroxylation sites is 6. The topological polar surface area (TPSA) is 32.8 Å². The molecule has 2 heterocycles. The number of nitrogens with zero attached hydrogens (tertiary/aromatic N) is 2. The summed E-state index contributed by atoms with van der Waals surface area (Å²) in [6, 6.07) is 58.8. The van der Waals surface area contributed by atoms with Crippen molar-refractivity contribution in [1.29, 1.82) is 0 Å². The van der Waals surface area contributed by atoms with Crippen LogP contribution in [0, 0.1) is 5.92 Å². The van der Waals surface area contributed by atoms with Crippen molar-refractivity contribution in [3.63, 3.8) is 0 Å². The first-order chi connectivity index (χ1) is 30.4. The Morgan fingerprint density at radius 3 is 1.74 bits per heavy atom. The van der Waals surface area contributed by atoms with Crippen molar-refractivity contribution in [3.05, 3.63) is 198 Å². The molecule has 2 aliphatic carbocycles. The first kappa shape index (κ1) is 36.5. The molecular weight excluding hydrogens is 757 g/mol. The molecule has 0 N–H and O–H groups in total. The Morgan fingerprint density at radius 1 is 0.516 bits per heavy atom. The van der Waals surface area contributed by atoms with Crippen LogP contribution in [0.2, 0.25) is 0 Å². The first-order valence-electron chi connectivity index (χ1n) is 22.0. The fraction of sp³-hybridized carbons (Fsp3) is 0.138. The van der Waals surface area contributed by atoms with Crippen LogP contribution in [0.3, 0.4) is 0 Å². The number of allylic oxidation sites excluding steroid dienone is 2. The molecule has 0 fully saturated rings. The van der Waals surface area contributed by atoms with E-state index in [0.717, 1.165) is 78.7 Å². The molecule has 2 aliphatic rings. The Bertz CT molecular complexity index is 3460. The number of furan rings is 2. The van der Waals surface area contributed by atoms with Gasteiger partial charge in [0.1, 0.15) is 11.2 Å². The molecule has 0 saturated carbocycles. The third-order valence-corrected chi connectivity index (χ3v) is 13.3. The van der Waals surface area contributed by atoms with Gasteiger partial charge in [0, 0.05) is 38.3 Å². The molecule has 0 saturated heterocycles. The lowest BCUT2D eigenvalue weighted by atomic mass is 9.72. The zero-order chi connectivity index (χ0) is 41.6. The van der Waals surface area contributed by atoms with Gasteiger partial charge in [-0.2, -0.15) is 0 Å². The number of fused-ring (bicyclic) bond motifs is 6. The van der Waals surface area contributed by atoms with E-state index in [-0.39, 0.29) is 12.0 Å². The first-order valence-corrected chi connectivity index (χ1v) is 22.0. The second kappa shape index (κ2) is 14.1. The SMILES string of the molecule is CC(C)C1=CC(N(c2ccccc2)c2cccc3c2oc2ccccc23)C2=CCc3c(C(C)C)cc(N(c4ccccc4)c4cccc5c4oc4ccccc45)c4ccc1c2c34. The standard InChI is InChI=1S/C58H46N2O2/c1-35(2)47-33-51(59(37-17-7-5-8-18-37)49-25-15-23-43-39-21-11-13-27-53(39)61-57(43)49)45-32-30-42-48(36(3)4)34-52(46-31-29-41(47)55(45)56(42)46)60(38-19-9-6-10-20-38)50-26-16-24-44-40-22-12-14-28-54(40)62-58(44)50/h5-29,31-36,51H,30H2,1-4H3. The summed E-state index contributed by atoms with van der Waals surface area (Å²) in [5.41, 5.74) is 17.2. The number of hydrogen-bond acceptors (Lipinski definition) is 4. The zero-order valence-corrected chi connectivity index (χ0v) is 35.4. The van der Waals surface area contributed by atoms with Crippen LogP contribution < -0.4 is 9.80 Å². The van der Waals surface area contributed by atoms with Crippen molar-refractivity contribution in [1.82, 2.24) is 0 Å². The van der Waals surface area contributed by atoms with Gasteiger partial charge in [-0.25, -0.2) is 0 Å². The normalized spacial score (nSPS) is 14.7. The van der Waals surface area contributed by atoms with Gasteiger partial charge in [0.2, 0.25) is 0 Å². The molecule has 10 aromatic rings. The summed E-state index contributed by atoms with van der Waals surface area (Å²) in [6.45, 7) is 9.37. The van der Waals surface area contributed by atoms with E-state index >= 15 is 0 Å². The van der Waals surface area contributed by atoms with Gasteiger partial charge in [0.05, 0.1) is 23.1 Å². The Morgan fingerprint density at radius 2 is 1.10 bits per heavy atom. The Kier molecular flexibility index (Phi) is 8.33. The summed E-state index contributed by atoms with van der Waals surface area (Å²) in [5.74, 6) is 0.585. The lowest BCUT2D eigenvalue weighted by Gasteiger charge is -2.41. The Labute approximate surface area is 361 Å². The van der Waals surface area contributed by atoms with Gasteiger partial charge < -0.3 is 18.6 Å². The second-order valence-corrected chi connectivity index (χ2v) is 17.5. The van der Waals surface area contributed by atoms with E-state index in [1.54, 1.807) is 0 Å². The van der Waals surface area contributed by atoms with E-state index < -0.39 is 0 Å². The molecule has 1 unspecified atom stereocenters. The maximum absolute atomic E-state index is 6.79. The summed E-state index contributed by atoms with van der Waals surface area (Å²) in [7, 11) is 0. The monoisotopic (exact) mass is 802 g/mol.